The smallest absolute Gasteiger partial charge is 0.219 e. The molecule has 20 heavy (non-hydrogen) atoms. The van der Waals surface area contributed by atoms with Gasteiger partial charge in [-0.15, -0.1) is 11.3 Å². The molecule has 0 N–H and O–H groups in total. The van der Waals surface area contributed by atoms with Gasteiger partial charge in [0.15, 0.2) is 5.78 Å². The van der Waals surface area contributed by atoms with Gasteiger partial charge in [-0.1, -0.05) is 0 Å². The molecule has 2 heterocycles. The summed E-state index contributed by atoms with van der Waals surface area (Å²) in [5.41, 5.74) is 0.731. The maximum atomic E-state index is 12.3. The third-order valence-electron chi connectivity index (χ3n) is 3.36. The number of Topliss-reactive ketones (excluding diaryl/α,β-unsaturated/α-hetero) is 1. The third-order valence-corrected chi connectivity index (χ3v) is 5.70. The Hall–Kier alpha value is -0.240. The van der Waals surface area contributed by atoms with Gasteiger partial charge in [0, 0.05) is 38.7 Å². The second-order valence-electron chi connectivity index (χ2n) is 4.80. The van der Waals surface area contributed by atoms with E-state index in [1.807, 2.05) is 11.0 Å². The number of hydrogen-bond donors (Lipinski definition) is 0. The molecule has 0 bridgehead atoms. The highest BCUT2D eigenvalue weighted by Crippen LogP contribution is 2.32. The first-order chi connectivity index (χ1) is 9.47. The molecule has 7 heteroatoms. The van der Waals surface area contributed by atoms with Gasteiger partial charge in [-0.05, 0) is 44.3 Å². The number of ketones is 1. The first-order valence-electron chi connectivity index (χ1n) is 6.43. The molecule has 0 atom stereocenters. The van der Waals surface area contributed by atoms with E-state index in [2.05, 4.69) is 36.8 Å². The standard InChI is InChI=1S/C13H16Br2N2O2S/c1-9(18)17-4-2-3-16(5-6-17)8-11(19)10-7-12(14)20-13(10)15/h7H,2-6,8H2,1H3. The van der Waals surface area contributed by atoms with Crippen molar-refractivity contribution in [3.63, 3.8) is 0 Å². The minimum atomic E-state index is 0.114. The number of amides is 1. The maximum Gasteiger partial charge on any atom is 0.219 e. The first-order valence-corrected chi connectivity index (χ1v) is 8.83. The minimum Gasteiger partial charge on any atom is -0.342 e. The van der Waals surface area contributed by atoms with Crippen molar-refractivity contribution in [2.75, 3.05) is 32.7 Å². The zero-order chi connectivity index (χ0) is 14.7. The normalized spacial score (nSPS) is 17.1. The molecule has 1 amide bonds. The largest absolute Gasteiger partial charge is 0.342 e. The van der Waals surface area contributed by atoms with Crippen LogP contribution in [0.2, 0.25) is 0 Å². The van der Waals surface area contributed by atoms with E-state index in [4.69, 9.17) is 0 Å². The Bertz CT molecular complexity index is 518. The molecule has 1 aliphatic rings. The Labute approximate surface area is 139 Å². The predicted molar refractivity (Wildman–Crippen MR) is 87.4 cm³/mol. The fourth-order valence-electron chi connectivity index (χ4n) is 2.26. The van der Waals surface area contributed by atoms with Crippen LogP contribution in [-0.2, 0) is 4.79 Å². The molecule has 1 aromatic heterocycles. The van der Waals surface area contributed by atoms with Crippen LogP contribution < -0.4 is 0 Å². The van der Waals surface area contributed by atoms with Crippen molar-refractivity contribution in [3.8, 4) is 0 Å². The van der Waals surface area contributed by atoms with Crippen LogP contribution in [-0.4, -0.2) is 54.2 Å². The Kier molecular flexibility index (Phi) is 5.77. The number of thiophene rings is 1. The summed E-state index contributed by atoms with van der Waals surface area (Å²) >= 11 is 8.32. The van der Waals surface area contributed by atoms with Crippen LogP contribution in [0.4, 0.5) is 0 Å². The van der Waals surface area contributed by atoms with E-state index in [0.29, 0.717) is 13.1 Å². The average Bonchev–Trinajstić information content (AvgIpc) is 2.60. The van der Waals surface area contributed by atoms with Gasteiger partial charge in [-0.2, -0.15) is 0 Å². The average molecular weight is 424 g/mol. The fourth-order valence-corrected chi connectivity index (χ4v) is 5.12. The highest BCUT2D eigenvalue weighted by molar-refractivity contribution is 9.12. The lowest BCUT2D eigenvalue weighted by Gasteiger charge is -2.20. The zero-order valence-corrected chi connectivity index (χ0v) is 15.2. The van der Waals surface area contributed by atoms with Gasteiger partial charge in [-0.25, -0.2) is 0 Å². The number of carbonyl (C=O) groups excluding carboxylic acids is 2. The summed E-state index contributed by atoms with van der Waals surface area (Å²) < 4.78 is 1.82. The van der Waals surface area contributed by atoms with Crippen LogP contribution in [0, 0.1) is 0 Å². The molecule has 1 saturated heterocycles. The summed E-state index contributed by atoms with van der Waals surface area (Å²) in [6.07, 6.45) is 0.918. The van der Waals surface area contributed by atoms with Crippen molar-refractivity contribution < 1.29 is 9.59 Å². The van der Waals surface area contributed by atoms with Crippen LogP contribution in [0.3, 0.4) is 0 Å². The Morgan fingerprint density at radius 2 is 2.00 bits per heavy atom. The molecular weight excluding hydrogens is 408 g/mol. The topological polar surface area (TPSA) is 40.6 Å². The molecule has 2 rings (SSSR count). The van der Waals surface area contributed by atoms with Crippen LogP contribution in [0.5, 0.6) is 0 Å². The van der Waals surface area contributed by atoms with Crippen molar-refractivity contribution in [2.45, 2.75) is 13.3 Å². The zero-order valence-electron chi connectivity index (χ0n) is 11.2. The maximum absolute atomic E-state index is 12.3. The lowest BCUT2D eigenvalue weighted by Crippen LogP contribution is -2.35. The molecule has 110 valence electrons. The van der Waals surface area contributed by atoms with Gasteiger partial charge in [0.2, 0.25) is 5.91 Å². The van der Waals surface area contributed by atoms with Gasteiger partial charge in [-0.3, -0.25) is 14.5 Å². The van der Waals surface area contributed by atoms with Crippen LogP contribution >= 0.6 is 43.2 Å². The van der Waals surface area contributed by atoms with Gasteiger partial charge in [0.1, 0.15) is 0 Å². The SMILES string of the molecule is CC(=O)N1CCCN(CC(=O)c2cc(Br)sc2Br)CC1. The molecule has 1 aromatic rings. The molecule has 0 radical (unpaired) electrons. The van der Waals surface area contributed by atoms with Gasteiger partial charge in [0.25, 0.3) is 0 Å². The Morgan fingerprint density at radius 1 is 1.25 bits per heavy atom. The monoisotopic (exact) mass is 422 g/mol. The summed E-state index contributed by atoms with van der Waals surface area (Å²) in [4.78, 5) is 27.7. The molecular formula is C13H16Br2N2O2S. The second-order valence-corrected chi connectivity index (χ2v) is 8.55. The number of halogens is 2. The lowest BCUT2D eigenvalue weighted by atomic mass is 10.2. The first kappa shape index (κ1) is 16.1. The van der Waals surface area contributed by atoms with E-state index in [0.717, 1.165) is 39.2 Å². The van der Waals surface area contributed by atoms with Crippen molar-refractivity contribution in [1.29, 1.82) is 0 Å². The molecule has 0 aliphatic carbocycles. The van der Waals surface area contributed by atoms with E-state index in [9.17, 15) is 9.59 Å². The predicted octanol–water partition coefficient (Wildman–Crippen LogP) is 3.01. The highest BCUT2D eigenvalue weighted by atomic mass is 79.9. The highest BCUT2D eigenvalue weighted by Gasteiger charge is 2.20. The van der Waals surface area contributed by atoms with E-state index >= 15 is 0 Å². The molecule has 4 nitrogen and oxygen atoms in total. The summed E-state index contributed by atoms with van der Waals surface area (Å²) in [7, 11) is 0. The third kappa shape index (κ3) is 4.13. The second kappa shape index (κ2) is 7.15. The summed E-state index contributed by atoms with van der Waals surface area (Å²) in [6.45, 7) is 5.12. The Balaban J connectivity index is 1.95. The van der Waals surface area contributed by atoms with E-state index in [1.165, 1.54) is 11.3 Å². The number of nitrogens with zero attached hydrogens (tertiary/aromatic N) is 2. The summed E-state index contributed by atoms with van der Waals surface area (Å²) in [6, 6.07) is 1.86. The van der Waals surface area contributed by atoms with Crippen LogP contribution in [0.1, 0.15) is 23.7 Å². The van der Waals surface area contributed by atoms with E-state index < -0.39 is 0 Å². The molecule has 0 aromatic carbocycles. The quantitative estimate of drug-likeness (QED) is 0.701. The molecule has 0 spiro atoms. The number of hydrogen-bond acceptors (Lipinski definition) is 4. The molecule has 0 saturated carbocycles. The summed E-state index contributed by atoms with van der Waals surface area (Å²) in [5, 5.41) is 0. The molecule has 1 fully saturated rings. The minimum absolute atomic E-state index is 0.114. The number of carbonyl (C=O) groups is 2. The van der Waals surface area contributed by atoms with Crippen LogP contribution in [0.15, 0.2) is 13.6 Å². The number of rotatable bonds is 3. The van der Waals surface area contributed by atoms with Crippen LogP contribution in [0.25, 0.3) is 0 Å². The van der Waals surface area contributed by atoms with Crippen molar-refractivity contribution in [2.24, 2.45) is 0 Å². The van der Waals surface area contributed by atoms with Gasteiger partial charge >= 0.3 is 0 Å². The Morgan fingerprint density at radius 3 is 2.60 bits per heavy atom. The van der Waals surface area contributed by atoms with E-state index in [-0.39, 0.29) is 11.7 Å². The van der Waals surface area contributed by atoms with E-state index in [1.54, 1.807) is 6.92 Å². The lowest BCUT2D eigenvalue weighted by molar-refractivity contribution is -0.128. The molecule has 1 aliphatic heterocycles. The van der Waals surface area contributed by atoms with Crippen molar-refractivity contribution in [1.82, 2.24) is 9.80 Å². The van der Waals surface area contributed by atoms with Crippen molar-refractivity contribution >= 4 is 54.9 Å². The molecule has 0 unspecified atom stereocenters. The fraction of sp³-hybridized carbons (Fsp3) is 0.538. The van der Waals surface area contributed by atoms with Gasteiger partial charge in [0.05, 0.1) is 14.1 Å². The summed E-state index contributed by atoms with van der Waals surface area (Å²) in [5.74, 6) is 0.234. The van der Waals surface area contributed by atoms with Gasteiger partial charge < -0.3 is 4.90 Å². The van der Waals surface area contributed by atoms with Crippen molar-refractivity contribution in [3.05, 3.63) is 19.2 Å².